The van der Waals surface area contributed by atoms with Gasteiger partial charge in [-0.25, -0.2) is 4.39 Å². The van der Waals surface area contributed by atoms with Crippen molar-refractivity contribution in [3.05, 3.63) is 35.7 Å². The van der Waals surface area contributed by atoms with Crippen molar-refractivity contribution in [1.29, 1.82) is 0 Å². The Balaban J connectivity index is 1.45. The third kappa shape index (κ3) is 2.35. The predicted octanol–water partition coefficient (Wildman–Crippen LogP) is 3.09. The summed E-state index contributed by atoms with van der Waals surface area (Å²) in [6.45, 7) is 4.47. The van der Waals surface area contributed by atoms with Crippen LogP contribution in [0.1, 0.15) is 57.3 Å². The Morgan fingerprint density at radius 3 is 2.80 bits per heavy atom. The highest BCUT2D eigenvalue weighted by atomic mass is 19.1. The number of benzene rings is 1. The van der Waals surface area contributed by atoms with Crippen molar-refractivity contribution in [3.63, 3.8) is 0 Å². The van der Waals surface area contributed by atoms with Gasteiger partial charge in [-0.15, -0.1) is 0 Å². The summed E-state index contributed by atoms with van der Waals surface area (Å²) in [6, 6.07) is 3.42. The SMILES string of the molecule is CC1(c2noc(C3N=CN4c5cccc(F)c5N(C5(C)CCCO5)C(=O)C34)n2)CC1. The Hall–Kier alpha value is -2.81. The number of ether oxygens (including phenoxy) is 1. The molecule has 1 amide bonds. The molecule has 156 valence electrons. The second-order valence-corrected chi connectivity index (χ2v) is 8.99. The van der Waals surface area contributed by atoms with Crippen LogP contribution in [0.2, 0.25) is 0 Å². The summed E-state index contributed by atoms with van der Waals surface area (Å²) in [7, 11) is 0. The van der Waals surface area contributed by atoms with Crippen molar-refractivity contribution in [2.45, 2.75) is 62.8 Å². The van der Waals surface area contributed by atoms with Crippen LogP contribution in [0.15, 0.2) is 27.7 Å². The molecule has 1 saturated carbocycles. The summed E-state index contributed by atoms with van der Waals surface area (Å²) in [5.41, 5.74) is -0.148. The van der Waals surface area contributed by atoms with E-state index in [1.54, 1.807) is 23.4 Å². The van der Waals surface area contributed by atoms with Gasteiger partial charge in [0.15, 0.2) is 11.9 Å². The van der Waals surface area contributed by atoms with Crippen LogP contribution in [0, 0.1) is 5.82 Å². The second-order valence-electron chi connectivity index (χ2n) is 8.99. The highest BCUT2D eigenvalue weighted by Crippen LogP contribution is 2.49. The number of amides is 1. The van der Waals surface area contributed by atoms with Gasteiger partial charge < -0.3 is 14.2 Å². The van der Waals surface area contributed by atoms with Crippen molar-refractivity contribution in [2.75, 3.05) is 16.4 Å². The zero-order valence-corrected chi connectivity index (χ0v) is 16.8. The van der Waals surface area contributed by atoms with Crippen LogP contribution in [-0.2, 0) is 14.9 Å². The van der Waals surface area contributed by atoms with Gasteiger partial charge in [0.1, 0.15) is 23.3 Å². The molecule has 30 heavy (non-hydrogen) atoms. The standard InChI is InChI=1S/C21H22FN5O3/c1-20(8-9-20)19-24-17(30-25-19)14-16-18(28)27(21(2)7-4-10-29-21)15-12(22)5-3-6-13(15)26(16)11-23-14/h3,5-6,11,14,16H,4,7-10H2,1-2H3. The van der Waals surface area contributed by atoms with Crippen LogP contribution >= 0.6 is 0 Å². The molecule has 0 N–H and O–H groups in total. The maximum Gasteiger partial charge on any atom is 0.255 e. The molecule has 0 radical (unpaired) electrons. The summed E-state index contributed by atoms with van der Waals surface area (Å²) in [5.74, 6) is 0.225. The number of halogens is 1. The Morgan fingerprint density at radius 1 is 1.23 bits per heavy atom. The van der Waals surface area contributed by atoms with Crippen molar-refractivity contribution in [1.82, 2.24) is 10.1 Å². The molecule has 3 aliphatic heterocycles. The Labute approximate surface area is 172 Å². The van der Waals surface area contributed by atoms with Gasteiger partial charge in [-0.1, -0.05) is 18.1 Å². The molecule has 0 bridgehead atoms. The molecule has 3 atom stereocenters. The van der Waals surface area contributed by atoms with Gasteiger partial charge in [-0.2, -0.15) is 4.98 Å². The fourth-order valence-electron chi connectivity index (χ4n) is 4.71. The van der Waals surface area contributed by atoms with Gasteiger partial charge in [-0.05, 0) is 44.7 Å². The van der Waals surface area contributed by atoms with E-state index in [2.05, 4.69) is 22.1 Å². The highest BCUT2D eigenvalue weighted by Gasteiger charge is 2.54. The number of carbonyl (C=O) groups is 1. The van der Waals surface area contributed by atoms with Crippen LogP contribution in [0.4, 0.5) is 15.8 Å². The van der Waals surface area contributed by atoms with Gasteiger partial charge in [0.25, 0.3) is 11.8 Å². The number of aromatic nitrogens is 2. The Bertz CT molecular complexity index is 1070. The van der Waals surface area contributed by atoms with Crippen LogP contribution in [-0.4, -0.2) is 40.8 Å². The molecule has 1 aliphatic carbocycles. The Morgan fingerprint density at radius 2 is 2.07 bits per heavy atom. The van der Waals surface area contributed by atoms with Gasteiger partial charge in [0.2, 0.25) is 0 Å². The van der Waals surface area contributed by atoms with E-state index in [-0.39, 0.29) is 17.0 Å². The molecule has 0 spiro atoms. The minimum atomic E-state index is -0.908. The molecule has 2 aromatic rings. The van der Waals surface area contributed by atoms with Crippen molar-refractivity contribution < 1.29 is 18.4 Å². The topological polar surface area (TPSA) is 84.1 Å². The van der Waals surface area contributed by atoms with E-state index in [1.807, 2.05) is 6.92 Å². The lowest BCUT2D eigenvalue weighted by Crippen LogP contribution is -2.60. The van der Waals surface area contributed by atoms with Gasteiger partial charge in [0.05, 0.1) is 12.0 Å². The lowest BCUT2D eigenvalue weighted by atomic mass is 9.97. The normalized spacial score (nSPS) is 31.2. The molecule has 1 saturated heterocycles. The molecular formula is C21H22FN5O3. The van der Waals surface area contributed by atoms with E-state index >= 15 is 0 Å². The van der Waals surface area contributed by atoms with Crippen molar-refractivity contribution >= 4 is 23.6 Å². The van der Waals surface area contributed by atoms with Crippen LogP contribution in [0.3, 0.4) is 0 Å². The quantitative estimate of drug-likeness (QED) is 0.772. The summed E-state index contributed by atoms with van der Waals surface area (Å²) in [5, 5.41) is 4.14. The van der Waals surface area contributed by atoms with E-state index in [9.17, 15) is 9.18 Å². The molecule has 4 heterocycles. The number of hydrogen-bond donors (Lipinski definition) is 0. The van der Waals surface area contributed by atoms with E-state index in [0.29, 0.717) is 30.4 Å². The number of fused-ring (bicyclic) bond motifs is 3. The number of anilines is 2. The van der Waals surface area contributed by atoms with Crippen molar-refractivity contribution in [2.24, 2.45) is 4.99 Å². The minimum absolute atomic E-state index is 0.0484. The zero-order valence-electron chi connectivity index (χ0n) is 16.8. The molecule has 8 nitrogen and oxygen atoms in total. The molecule has 1 aromatic heterocycles. The maximum atomic E-state index is 15.0. The van der Waals surface area contributed by atoms with E-state index in [4.69, 9.17) is 9.26 Å². The molecule has 9 heteroatoms. The molecule has 2 fully saturated rings. The molecule has 4 aliphatic rings. The third-order valence-electron chi connectivity index (χ3n) is 6.80. The molecule has 6 rings (SSSR count). The summed E-state index contributed by atoms with van der Waals surface area (Å²) in [6.07, 6.45) is 5.05. The largest absolute Gasteiger partial charge is 0.355 e. The number of rotatable bonds is 3. The van der Waals surface area contributed by atoms with Crippen LogP contribution in [0.25, 0.3) is 0 Å². The number of carbonyl (C=O) groups excluding carboxylic acids is 1. The first-order valence-electron chi connectivity index (χ1n) is 10.3. The number of para-hydroxylation sites is 1. The fourth-order valence-corrected chi connectivity index (χ4v) is 4.71. The number of nitrogens with zero attached hydrogens (tertiary/aromatic N) is 5. The summed E-state index contributed by atoms with van der Waals surface area (Å²) in [4.78, 5) is 26.1. The monoisotopic (exact) mass is 411 g/mol. The first kappa shape index (κ1) is 18.0. The first-order chi connectivity index (χ1) is 14.4. The molecular weight excluding hydrogens is 389 g/mol. The molecule has 3 unspecified atom stereocenters. The zero-order chi connectivity index (χ0) is 20.7. The van der Waals surface area contributed by atoms with Gasteiger partial charge in [0, 0.05) is 12.0 Å². The van der Waals surface area contributed by atoms with Crippen molar-refractivity contribution in [3.8, 4) is 0 Å². The molecule has 1 aromatic carbocycles. The van der Waals surface area contributed by atoms with E-state index in [1.165, 1.54) is 11.0 Å². The third-order valence-corrected chi connectivity index (χ3v) is 6.80. The minimum Gasteiger partial charge on any atom is -0.355 e. The average molecular weight is 411 g/mol. The highest BCUT2D eigenvalue weighted by molar-refractivity contribution is 6.12. The number of aliphatic imine (C=N–C) groups is 1. The maximum absolute atomic E-state index is 15.0. The summed E-state index contributed by atoms with van der Waals surface area (Å²) >= 11 is 0. The summed E-state index contributed by atoms with van der Waals surface area (Å²) < 4.78 is 26.4. The van der Waals surface area contributed by atoms with Gasteiger partial charge in [-0.3, -0.25) is 14.7 Å². The lowest BCUT2D eigenvalue weighted by molar-refractivity contribution is -0.125. The van der Waals surface area contributed by atoms with Gasteiger partial charge >= 0.3 is 0 Å². The average Bonchev–Trinajstić information content (AvgIpc) is 3.16. The van der Waals surface area contributed by atoms with E-state index in [0.717, 1.165) is 19.3 Å². The second kappa shape index (κ2) is 5.87. The number of hydrogen-bond acceptors (Lipinski definition) is 7. The lowest BCUT2D eigenvalue weighted by Gasteiger charge is -2.45. The van der Waals surface area contributed by atoms with Crippen LogP contribution < -0.4 is 9.80 Å². The Kier molecular flexibility index (Phi) is 3.52. The smallest absolute Gasteiger partial charge is 0.255 e. The first-order valence-corrected chi connectivity index (χ1v) is 10.3. The van der Waals surface area contributed by atoms with E-state index < -0.39 is 23.6 Å². The predicted molar refractivity (Wildman–Crippen MR) is 106 cm³/mol. The van der Waals surface area contributed by atoms with Crippen LogP contribution in [0.5, 0.6) is 0 Å². The fraction of sp³-hybridized carbons (Fsp3) is 0.524.